The number of unbranched alkanes of at least 4 members (excludes halogenated alkanes) is 27. The van der Waals surface area contributed by atoms with E-state index in [1.54, 1.807) is 0 Å². The molecule has 10 rings (SSSR count). The van der Waals surface area contributed by atoms with Gasteiger partial charge in [-0.25, -0.2) is 4.79 Å². The molecule has 2 fully saturated rings. The van der Waals surface area contributed by atoms with E-state index in [9.17, 15) is 14.4 Å². The molecule has 5 aromatic carbocycles. The summed E-state index contributed by atoms with van der Waals surface area (Å²) in [6.45, 7) is 29.1. The Balaban J connectivity index is 0.844. The number of carbonyl (C=O) groups is 3. The zero-order valence-electron chi connectivity index (χ0n) is 64.6. The standard InChI is InChI=1S/C91H122N2O8S2/c1-12-15-18-21-24-27-30-33-36-39-54-97-77-60-73(61-78(98-55-40-37-34-31-28-25-22-19-16-13-2)83(77)99-56-41-38-35-32-29-26-23-20-17-14-3)101-71-51-48-68(49-52-71)80-63-76-82-81(87(4,5)89(8,9)88(82,6)7)75-62-79(102-90(75,10)91(76,11)103-80)67-45-42-65(43-46-67)64-100-72-53-50-69-57-66(44-47-70(69)59-72)58-74-84(94)92-86(96)93-85(74)95/h42-53,57-63H,12-41,54-56,64H2,1-11H3,(H2,92,93,94,95,96). The lowest BCUT2D eigenvalue weighted by molar-refractivity contribution is -0.123. The summed E-state index contributed by atoms with van der Waals surface area (Å²) in [6.07, 6.45) is 44.8. The lowest BCUT2D eigenvalue weighted by atomic mass is 9.60. The van der Waals surface area contributed by atoms with Gasteiger partial charge in [-0.3, -0.25) is 20.2 Å². The van der Waals surface area contributed by atoms with E-state index < -0.39 is 17.8 Å². The lowest BCUT2D eigenvalue weighted by Crippen LogP contribution is -2.51. The highest BCUT2D eigenvalue weighted by atomic mass is 32.2. The van der Waals surface area contributed by atoms with Gasteiger partial charge in [0, 0.05) is 21.9 Å². The largest absolute Gasteiger partial charge is 0.489 e. The Hall–Kier alpha value is -6.63. The zero-order valence-corrected chi connectivity index (χ0v) is 66.2. The second-order valence-electron chi connectivity index (χ2n) is 31.8. The van der Waals surface area contributed by atoms with Gasteiger partial charge in [0.2, 0.25) is 5.75 Å². The zero-order chi connectivity index (χ0) is 73.0. The molecule has 2 aliphatic carbocycles. The van der Waals surface area contributed by atoms with Crippen molar-refractivity contribution in [3.05, 3.63) is 159 Å². The maximum atomic E-state index is 12.4. The van der Waals surface area contributed by atoms with Crippen LogP contribution in [0.4, 0.5) is 4.79 Å². The molecule has 3 heterocycles. The van der Waals surface area contributed by atoms with Crippen molar-refractivity contribution in [2.75, 3.05) is 19.8 Å². The van der Waals surface area contributed by atoms with Crippen molar-refractivity contribution in [1.82, 2.24) is 10.6 Å². The third kappa shape index (κ3) is 19.1. The minimum Gasteiger partial charge on any atom is -0.489 e. The summed E-state index contributed by atoms with van der Waals surface area (Å²) < 4.78 is 33.1. The van der Waals surface area contributed by atoms with E-state index in [1.807, 2.05) is 72.1 Å². The van der Waals surface area contributed by atoms with E-state index in [1.165, 1.54) is 203 Å². The van der Waals surface area contributed by atoms with E-state index in [4.69, 9.17) is 23.7 Å². The number of rotatable bonds is 44. The first-order chi connectivity index (χ1) is 49.7. The fourth-order valence-corrected chi connectivity index (χ4v) is 19.1. The number of benzene rings is 5. The second kappa shape index (κ2) is 37.1. The normalized spacial score (nSPS) is 19.3. The predicted octanol–water partition coefficient (Wildman–Crippen LogP) is 26.0. The second-order valence-corrected chi connectivity index (χ2v) is 34.7. The Morgan fingerprint density at radius 2 is 0.786 bits per heavy atom. The molecule has 0 spiro atoms. The number of urea groups is 1. The summed E-state index contributed by atoms with van der Waals surface area (Å²) in [5, 5.41) is 6.14. The van der Waals surface area contributed by atoms with Crippen LogP contribution in [0.15, 0.2) is 137 Å². The van der Waals surface area contributed by atoms with Crippen molar-refractivity contribution in [2.24, 2.45) is 16.2 Å². The average Bonchev–Trinajstić information content (AvgIpc) is 1.49. The third-order valence-electron chi connectivity index (χ3n) is 23.6. The van der Waals surface area contributed by atoms with Gasteiger partial charge in [0.15, 0.2) is 11.5 Å². The van der Waals surface area contributed by atoms with E-state index in [2.05, 4.69) is 147 Å². The number of imide groups is 2. The van der Waals surface area contributed by atoms with Gasteiger partial charge in [-0.05, 0) is 153 Å². The maximum absolute atomic E-state index is 12.4. The highest BCUT2D eigenvalue weighted by Gasteiger charge is 2.68. The van der Waals surface area contributed by atoms with Crippen molar-refractivity contribution < 1.29 is 38.1 Å². The van der Waals surface area contributed by atoms with Crippen LogP contribution in [0.25, 0.3) is 26.7 Å². The Bertz CT molecular complexity index is 3800. The molecule has 12 heteroatoms. The SMILES string of the molecule is CCCCCCCCCCCCOc1cc(Oc2ccc(C3=CC4=C5C(=C6C=C(c7ccc(COc8ccc9cc(C=C%10C(=O)NC(=O)NC%10=O)ccc9c8)cc7)SC6(C)C4(C)S3)C(C)(C)C(C)(C)C5(C)C)cc2)cc(OCCCCCCCCCCCC)c1OCCCCCCCCCCCC. The Labute approximate surface area is 627 Å². The van der Waals surface area contributed by atoms with E-state index in [0.717, 1.165) is 66.4 Å². The quantitative estimate of drug-likeness (QED) is 0.0221. The van der Waals surface area contributed by atoms with Gasteiger partial charge in [0.1, 0.15) is 29.4 Å². The Morgan fingerprint density at radius 1 is 0.398 bits per heavy atom. The van der Waals surface area contributed by atoms with Crippen LogP contribution in [-0.4, -0.2) is 47.2 Å². The molecule has 103 heavy (non-hydrogen) atoms. The van der Waals surface area contributed by atoms with Crippen molar-refractivity contribution in [1.29, 1.82) is 0 Å². The van der Waals surface area contributed by atoms with Crippen LogP contribution >= 0.6 is 23.5 Å². The monoisotopic (exact) mass is 1430 g/mol. The molecule has 2 atom stereocenters. The summed E-state index contributed by atoms with van der Waals surface area (Å²) in [5.74, 6) is 2.88. The molecule has 10 nitrogen and oxygen atoms in total. The van der Waals surface area contributed by atoms with Gasteiger partial charge in [-0.2, -0.15) is 0 Å². The van der Waals surface area contributed by atoms with Crippen LogP contribution in [0.2, 0.25) is 0 Å². The van der Waals surface area contributed by atoms with E-state index >= 15 is 0 Å². The smallest absolute Gasteiger partial charge is 0.328 e. The predicted molar refractivity (Wildman–Crippen MR) is 433 cm³/mol. The fraction of sp³-hybridized carbons (Fsp3) is 0.549. The number of allylic oxidation sites excluding steroid dienone is 4. The number of hydrogen-bond donors (Lipinski definition) is 2. The number of barbiturate groups is 1. The number of hydrogen-bond acceptors (Lipinski definition) is 10. The number of ether oxygens (including phenoxy) is 5. The highest BCUT2D eigenvalue weighted by Crippen LogP contribution is 2.78. The summed E-state index contributed by atoms with van der Waals surface area (Å²) in [5.41, 5.74) is 9.62. The summed E-state index contributed by atoms with van der Waals surface area (Å²) in [6, 6.07) is 32.5. The number of fused-ring (bicyclic) bond motifs is 5. The third-order valence-corrected chi connectivity index (χ3v) is 27.0. The van der Waals surface area contributed by atoms with Gasteiger partial charge in [0.05, 0.1) is 29.3 Å². The molecule has 4 amide bonds. The van der Waals surface area contributed by atoms with Gasteiger partial charge < -0.3 is 23.7 Å². The molecule has 0 radical (unpaired) electrons. The first kappa shape index (κ1) is 78.9. The van der Waals surface area contributed by atoms with E-state index in [-0.39, 0.29) is 31.3 Å². The van der Waals surface area contributed by atoms with Crippen LogP contribution in [0.3, 0.4) is 0 Å². The van der Waals surface area contributed by atoms with Gasteiger partial charge in [0.25, 0.3) is 11.8 Å². The number of carbonyl (C=O) groups excluding carboxylic acids is 3. The molecule has 1 saturated heterocycles. The Kier molecular flexibility index (Phi) is 28.4. The Morgan fingerprint density at radius 3 is 1.23 bits per heavy atom. The number of amides is 4. The molecule has 2 unspecified atom stereocenters. The van der Waals surface area contributed by atoms with Crippen molar-refractivity contribution in [3.63, 3.8) is 0 Å². The average molecular weight is 1440 g/mol. The molecule has 0 bridgehead atoms. The lowest BCUT2D eigenvalue weighted by Gasteiger charge is -2.49. The van der Waals surface area contributed by atoms with Crippen LogP contribution < -0.4 is 34.3 Å². The molecule has 556 valence electrons. The van der Waals surface area contributed by atoms with Crippen molar-refractivity contribution in [2.45, 2.75) is 285 Å². The van der Waals surface area contributed by atoms with Crippen LogP contribution in [0.5, 0.6) is 34.5 Å². The first-order valence-electron chi connectivity index (χ1n) is 40.0. The summed E-state index contributed by atoms with van der Waals surface area (Å²) in [4.78, 5) is 38.9. The highest BCUT2D eigenvalue weighted by molar-refractivity contribution is 8.14. The summed E-state index contributed by atoms with van der Waals surface area (Å²) in [7, 11) is 0. The molecule has 5 aromatic rings. The van der Waals surface area contributed by atoms with E-state index in [0.29, 0.717) is 55.0 Å². The van der Waals surface area contributed by atoms with Crippen LogP contribution in [-0.2, 0) is 16.2 Å². The van der Waals surface area contributed by atoms with Gasteiger partial charge in [-0.15, -0.1) is 23.5 Å². The number of nitrogens with one attached hydrogen (secondary N) is 2. The molecule has 3 aliphatic heterocycles. The minimum absolute atomic E-state index is 0.0459. The molecular formula is C91H122N2O8S2. The van der Waals surface area contributed by atoms with Gasteiger partial charge in [-0.1, -0.05) is 290 Å². The molecule has 5 aliphatic rings. The van der Waals surface area contributed by atoms with Crippen molar-refractivity contribution in [3.8, 4) is 34.5 Å². The number of thioether (sulfide) groups is 2. The summed E-state index contributed by atoms with van der Waals surface area (Å²) >= 11 is 4.04. The first-order valence-corrected chi connectivity index (χ1v) is 41.7. The molecule has 1 saturated carbocycles. The molecular weight excluding hydrogens is 1310 g/mol. The molecule has 0 aromatic heterocycles. The van der Waals surface area contributed by atoms with Crippen LogP contribution in [0, 0.1) is 16.2 Å². The van der Waals surface area contributed by atoms with Crippen LogP contribution in [0.1, 0.15) is 291 Å². The fourth-order valence-electron chi connectivity index (χ4n) is 16.0. The minimum atomic E-state index is -0.820. The molecule has 2 N–H and O–H groups in total. The van der Waals surface area contributed by atoms with Crippen molar-refractivity contribution >= 4 is 68.0 Å². The topological polar surface area (TPSA) is 121 Å². The van der Waals surface area contributed by atoms with Gasteiger partial charge >= 0.3 is 6.03 Å². The maximum Gasteiger partial charge on any atom is 0.328 e.